The molecule has 0 aliphatic rings. The number of rotatable bonds is 7. The zero-order valence-corrected chi connectivity index (χ0v) is 10.7. The summed E-state index contributed by atoms with van der Waals surface area (Å²) in [6.07, 6.45) is 3.10. The van der Waals surface area contributed by atoms with Crippen LogP contribution in [0.25, 0.3) is 0 Å². The third-order valence-electron chi connectivity index (χ3n) is 2.57. The number of methoxy groups -OCH3 is 1. The van der Waals surface area contributed by atoms with Gasteiger partial charge in [-0.25, -0.2) is 4.79 Å². The Morgan fingerprint density at radius 3 is 2.61 bits per heavy atom. The van der Waals surface area contributed by atoms with Crippen molar-refractivity contribution >= 4 is 11.7 Å². The number of carboxylic acid groups (broad SMARTS) is 1. The van der Waals surface area contributed by atoms with E-state index < -0.39 is 5.97 Å². The van der Waals surface area contributed by atoms with Gasteiger partial charge >= 0.3 is 5.97 Å². The van der Waals surface area contributed by atoms with Crippen molar-refractivity contribution in [2.75, 3.05) is 19.5 Å². The van der Waals surface area contributed by atoms with Crippen molar-refractivity contribution in [1.82, 2.24) is 0 Å². The summed E-state index contributed by atoms with van der Waals surface area (Å²) in [5, 5.41) is 8.99. The minimum atomic E-state index is -1.08. The van der Waals surface area contributed by atoms with Gasteiger partial charge < -0.3 is 20.3 Å². The largest absolute Gasteiger partial charge is 0.493 e. The van der Waals surface area contributed by atoms with Crippen molar-refractivity contribution in [3.63, 3.8) is 0 Å². The van der Waals surface area contributed by atoms with E-state index in [1.54, 1.807) is 0 Å². The summed E-state index contributed by atoms with van der Waals surface area (Å²) in [5.74, 6) is -0.206. The van der Waals surface area contributed by atoms with Gasteiger partial charge in [-0.15, -0.1) is 0 Å². The molecular formula is C13H19NO4. The maximum absolute atomic E-state index is 11.0. The molecule has 18 heavy (non-hydrogen) atoms. The summed E-state index contributed by atoms with van der Waals surface area (Å²) < 4.78 is 10.7. The number of ether oxygens (including phenoxy) is 2. The Bertz CT molecular complexity index is 418. The van der Waals surface area contributed by atoms with Crippen molar-refractivity contribution in [3.8, 4) is 11.5 Å². The Morgan fingerprint density at radius 1 is 1.33 bits per heavy atom. The molecule has 0 atom stereocenters. The second-order valence-corrected chi connectivity index (χ2v) is 3.95. The highest BCUT2D eigenvalue weighted by atomic mass is 16.5. The van der Waals surface area contributed by atoms with Crippen LogP contribution in [0.3, 0.4) is 0 Å². The lowest BCUT2D eigenvalue weighted by Gasteiger charge is -2.12. The Balaban J connectivity index is 2.86. The molecule has 3 N–H and O–H groups in total. The van der Waals surface area contributed by atoms with Crippen LogP contribution in [0.5, 0.6) is 11.5 Å². The van der Waals surface area contributed by atoms with E-state index in [-0.39, 0.29) is 11.3 Å². The second kappa shape index (κ2) is 6.74. The van der Waals surface area contributed by atoms with Gasteiger partial charge in [0.2, 0.25) is 0 Å². The molecule has 0 aliphatic heterocycles. The van der Waals surface area contributed by atoms with E-state index >= 15 is 0 Å². The molecule has 0 radical (unpaired) electrons. The summed E-state index contributed by atoms with van der Waals surface area (Å²) in [4.78, 5) is 11.0. The van der Waals surface area contributed by atoms with Crippen LogP contribution in [0.2, 0.25) is 0 Å². The normalized spacial score (nSPS) is 10.1. The predicted octanol–water partition coefficient (Wildman–Crippen LogP) is 2.54. The number of hydrogen-bond donors (Lipinski definition) is 2. The van der Waals surface area contributed by atoms with Gasteiger partial charge in [0.15, 0.2) is 11.5 Å². The molecule has 1 aromatic rings. The maximum atomic E-state index is 11.0. The quantitative estimate of drug-likeness (QED) is 0.576. The highest BCUT2D eigenvalue weighted by Gasteiger charge is 2.14. The molecule has 100 valence electrons. The smallest absolute Gasteiger partial charge is 0.337 e. The Labute approximate surface area is 107 Å². The number of nitrogen functional groups attached to an aromatic ring is 1. The summed E-state index contributed by atoms with van der Waals surface area (Å²) in [6.45, 7) is 2.64. The van der Waals surface area contributed by atoms with Crippen LogP contribution in [-0.2, 0) is 0 Å². The first-order valence-electron chi connectivity index (χ1n) is 5.93. The number of nitrogens with two attached hydrogens (primary N) is 1. The molecule has 0 unspecified atom stereocenters. The second-order valence-electron chi connectivity index (χ2n) is 3.95. The monoisotopic (exact) mass is 253 g/mol. The first-order chi connectivity index (χ1) is 8.60. The van der Waals surface area contributed by atoms with Gasteiger partial charge in [-0.2, -0.15) is 0 Å². The standard InChI is InChI=1S/C13H19NO4/c1-3-4-5-6-18-12-7-9(13(15)16)10(14)8-11(12)17-2/h7-8H,3-6,14H2,1-2H3,(H,15,16). The molecule has 0 fully saturated rings. The lowest BCUT2D eigenvalue weighted by Crippen LogP contribution is -2.06. The molecule has 0 aromatic heterocycles. The molecule has 1 aromatic carbocycles. The molecule has 0 bridgehead atoms. The van der Waals surface area contributed by atoms with E-state index in [9.17, 15) is 4.79 Å². The number of unbranched alkanes of at least 4 members (excludes halogenated alkanes) is 2. The van der Waals surface area contributed by atoms with Gasteiger partial charge in [-0.05, 0) is 6.42 Å². The van der Waals surface area contributed by atoms with Crippen LogP contribution in [0.15, 0.2) is 12.1 Å². The number of anilines is 1. The molecule has 0 heterocycles. The Morgan fingerprint density at radius 2 is 2.06 bits per heavy atom. The summed E-state index contributed by atoms with van der Waals surface area (Å²) >= 11 is 0. The van der Waals surface area contributed by atoms with Gasteiger partial charge in [0.05, 0.1) is 25.0 Å². The zero-order chi connectivity index (χ0) is 13.5. The molecule has 0 saturated carbocycles. The van der Waals surface area contributed by atoms with E-state index in [1.165, 1.54) is 19.2 Å². The topological polar surface area (TPSA) is 81.8 Å². The zero-order valence-electron chi connectivity index (χ0n) is 10.7. The van der Waals surface area contributed by atoms with E-state index in [1.807, 2.05) is 0 Å². The predicted molar refractivity (Wildman–Crippen MR) is 69.4 cm³/mol. The van der Waals surface area contributed by atoms with Crippen LogP contribution in [-0.4, -0.2) is 24.8 Å². The van der Waals surface area contributed by atoms with Crippen molar-refractivity contribution < 1.29 is 19.4 Å². The molecule has 1 rings (SSSR count). The molecule has 0 amide bonds. The van der Waals surface area contributed by atoms with Crippen LogP contribution in [0.1, 0.15) is 36.5 Å². The van der Waals surface area contributed by atoms with E-state index in [0.717, 1.165) is 19.3 Å². The van der Waals surface area contributed by atoms with E-state index in [4.69, 9.17) is 20.3 Å². The fourth-order valence-corrected chi connectivity index (χ4v) is 1.57. The number of aromatic carboxylic acids is 1. The number of hydrogen-bond acceptors (Lipinski definition) is 4. The lowest BCUT2D eigenvalue weighted by atomic mass is 10.1. The van der Waals surface area contributed by atoms with Gasteiger partial charge in [-0.1, -0.05) is 19.8 Å². The van der Waals surface area contributed by atoms with Crippen molar-refractivity contribution in [2.45, 2.75) is 26.2 Å². The van der Waals surface area contributed by atoms with Gasteiger partial charge in [0.1, 0.15) is 0 Å². The average Bonchev–Trinajstić information content (AvgIpc) is 2.35. The SMILES string of the molecule is CCCCCOc1cc(C(=O)O)c(N)cc1OC. The lowest BCUT2D eigenvalue weighted by molar-refractivity contribution is 0.0697. The molecular weight excluding hydrogens is 234 g/mol. The van der Waals surface area contributed by atoms with Crippen LogP contribution < -0.4 is 15.2 Å². The van der Waals surface area contributed by atoms with Crippen LogP contribution >= 0.6 is 0 Å². The molecule has 0 aliphatic carbocycles. The third-order valence-corrected chi connectivity index (χ3v) is 2.57. The highest BCUT2D eigenvalue weighted by molar-refractivity contribution is 5.94. The fraction of sp³-hybridized carbons (Fsp3) is 0.462. The molecule has 0 saturated heterocycles. The molecule has 5 heteroatoms. The molecule has 5 nitrogen and oxygen atoms in total. The maximum Gasteiger partial charge on any atom is 0.337 e. The van der Waals surface area contributed by atoms with Gasteiger partial charge in [-0.3, -0.25) is 0 Å². The average molecular weight is 253 g/mol. The third kappa shape index (κ3) is 3.55. The number of carboxylic acids is 1. The van der Waals surface area contributed by atoms with Crippen molar-refractivity contribution in [3.05, 3.63) is 17.7 Å². The summed E-state index contributed by atoms with van der Waals surface area (Å²) in [6, 6.07) is 2.88. The minimum Gasteiger partial charge on any atom is -0.493 e. The highest BCUT2D eigenvalue weighted by Crippen LogP contribution is 2.32. The fourth-order valence-electron chi connectivity index (χ4n) is 1.57. The van der Waals surface area contributed by atoms with Crippen LogP contribution in [0, 0.1) is 0 Å². The Kier molecular flexibility index (Phi) is 5.30. The Hall–Kier alpha value is -1.91. The van der Waals surface area contributed by atoms with Gasteiger partial charge in [0, 0.05) is 12.1 Å². The number of carbonyl (C=O) groups is 1. The minimum absolute atomic E-state index is 0.0290. The van der Waals surface area contributed by atoms with Crippen molar-refractivity contribution in [1.29, 1.82) is 0 Å². The summed E-state index contributed by atoms with van der Waals surface area (Å²) in [7, 11) is 1.49. The summed E-state index contributed by atoms with van der Waals surface area (Å²) in [5.41, 5.74) is 5.82. The number of benzene rings is 1. The first-order valence-corrected chi connectivity index (χ1v) is 5.93. The van der Waals surface area contributed by atoms with Crippen molar-refractivity contribution in [2.24, 2.45) is 0 Å². The first kappa shape index (κ1) is 14.2. The van der Waals surface area contributed by atoms with Crippen LogP contribution in [0.4, 0.5) is 5.69 Å². The van der Waals surface area contributed by atoms with Gasteiger partial charge in [0.25, 0.3) is 0 Å². The molecule has 0 spiro atoms. The van der Waals surface area contributed by atoms with E-state index in [2.05, 4.69) is 6.92 Å². The van der Waals surface area contributed by atoms with E-state index in [0.29, 0.717) is 18.1 Å².